The van der Waals surface area contributed by atoms with Crippen molar-refractivity contribution in [3.63, 3.8) is 0 Å². The molecule has 0 amide bonds. The second kappa shape index (κ2) is 6.57. The quantitative estimate of drug-likeness (QED) is 0.283. The van der Waals surface area contributed by atoms with E-state index in [1.54, 1.807) is 0 Å². The third-order valence-corrected chi connectivity index (χ3v) is 2.35. The van der Waals surface area contributed by atoms with Gasteiger partial charge in [-0.25, -0.2) is 0 Å². The van der Waals surface area contributed by atoms with Crippen molar-refractivity contribution in [3.8, 4) is 0 Å². The van der Waals surface area contributed by atoms with Gasteiger partial charge in [-0.05, 0) is 0 Å². The van der Waals surface area contributed by atoms with Crippen molar-refractivity contribution in [3.05, 3.63) is 0 Å². The van der Waals surface area contributed by atoms with Crippen LogP contribution in [0.3, 0.4) is 0 Å². The highest BCUT2D eigenvalue weighted by atomic mass is 16.7. The molecule has 0 bridgehead atoms. The summed E-state index contributed by atoms with van der Waals surface area (Å²) < 4.78 is 17.3. The van der Waals surface area contributed by atoms with Gasteiger partial charge in [0.2, 0.25) is 0 Å². The predicted octanol–water partition coefficient (Wildman–Crippen LogP) is -3.84. The van der Waals surface area contributed by atoms with Crippen molar-refractivity contribution in [1.82, 2.24) is 0 Å². The molecule has 1 aliphatic heterocycles. The summed E-state index contributed by atoms with van der Waals surface area (Å²) in [5, 5.41) is 54.8. The van der Waals surface area contributed by atoms with E-state index < -0.39 is 56.6 Å². The first-order chi connectivity index (χ1) is 8.35. The van der Waals surface area contributed by atoms with Gasteiger partial charge in [0.05, 0.1) is 21.2 Å². The molecule has 1 aliphatic rings. The Hall–Kier alpha value is -0.320. The van der Waals surface area contributed by atoms with E-state index in [1.165, 1.54) is 0 Å². The highest BCUT2D eigenvalue weighted by Crippen LogP contribution is 2.24. The first kappa shape index (κ1) is 13.1. The second-order valence-electron chi connectivity index (χ2n) is 3.73. The number of hydrogen-bond acceptors (Lipinski definition) is 8. The molecule has 8 heteroatoms. The minimum Gasteiger partial charge on any atom is -0.394 e. The Morgan fingerprint density at radius 1 is 1.18 bits per heavy atom. The average Bonchev–Trinajstić information content (AvgIpc) is 2.60. The van der Waals surface area contributed by atoms with Crippen LogP contribution in [0.5, 0.6) is 0 Å². The van der Waals surface area contributed by atoms with Crippen LogP contribution in [0.15, 0.2) is 0 Å². The van der Waals surface area contributed by atoms with Crippen molar-refractivity contribution in [2.24, 2.45) is 0 Å². The molecule has 1 rings (SSSR count). The highest BCUT2D eigenvalue weighted by molar-refractivity contribution is 4.90. The van der Waals surface area contributed by atoms with Crippen molar-refractivity contribution in [2.75, 3.05) is 19.8 Å². The summed E-state index contributed by atoms with van der Waals surface area (Å²) in [4.78, 5) is 0. The molecule has 1 saturated heterocycles. The van der Waals surface area contributed by atoms with Gasteiger partial charge in [0.1, 0.15) is 30.5 Å². The molecule has 1 heterocycles. The van der Waals surface area contributed by atoms with Gasteiger partial charge in [-0.2, -0.15) is 0 Å². The number of aliphatic hydroxyl groups excluding tert-OH is 6. The van der Waals surface area contributed by atoms with Crippen molar-refractivity contribution in [1.29, 1.82) is 0 Å². The lowest BCUT2D eigenvalue weighted by molar-refractivity contribution is -0.192. The molecule has 6 N–H and O–H groups in total. The number of ether oxygens (including phenoxy) is 2. The van der Waals surface area contributed by atoms with Gasteiger partial charge in [-0.15, -0.1) is 0 Å². The maximum absolute atomic E-state index is 9.59. The lowest BCUT2D eigenvalue weighted by Gasteiger charge is -2.18. The predicted molar refractivity (Wildman–Crippen MR) is 52.8 cm³/mol. The molecule has 8 nitrogen and oxygen atoms in total. The number of aliphatic hydroxyl groups is 6. The normalized spacial score (nSPS) is 42.2. The molecule has 6 atom stereocenters. The fourth-order valence-corrected chi connectivity index (χ4v) is 1.35. The average molecular weight is 255 g/mol. The summed E-state index contributed by atoms with van der Waals surface area (Å²) in [5.41, 5.74) is 0. The first-order valence-electron chi connectivity index (χ1n) is 5.61. The molecule has 0 aromatic rings. The monoisotopic (exact) mass is 255 g/mol. The van der Waals surface area contributed by atoms with Gasteiger partial charge in [0.25, 0.3) is 0 Å². The summed E-state index contributed by atoms with van der Waals surface area (Å²) in [6.45, 7) is -1.81. The Kier molecular flexibility index (Phi) is 5.07. The van der Waals surface area contributed by atoms with E-state index in [1.807, 2.05) is 0 Å². The number of rotatable bonds is 6. The van der Waals surface area contributed by atoms with Gasteiger partial charge in [0.15, 0.2) is 6.27 Å². The van der Waals surface area contributed by atoms with Crippen LogP contribution in [0.4, 0.5) is 0 Å². The molecular weight excluding hydrogens is 236 g/mol. The van der Waals surface area contributed by atoms with Crippen molar-refractivity contribution < 1.29 is 41.5 Å². The fraction of sp³-hybridized carbons (Fsp3) is 1.00. The van der Waals surface area contributed by atoms with Crippen molar-refractivity contribution >= 4 is 0 Å². The summed E-state index contributed by atoms with van der Waals surface area (Å²) in [7, 11) is 0. The van der Waals surface area contributed by atoms with E-state index in [2.05, 4.69) is 0 Å². The van der Waals surface area contributed by atoms with E-state index in [4.69, 9.17) is 26.2 Å². The molecular formula is C9H18O8. The van der Waals surface area contributed by atoms with Crippen LogP contribution in [-0.4, -0.2) is 87.2 Å². The second-order valence-corrected chi connectivity index (χ2v) is 3.73. The van der Waals surface area contributed by atoms with E-state index in [-0.39, 0.29) is 0 Å². The summed E-state index contributed by atoms with van der Waals surface area (Å²) >= 11 is 0. The Balaban J connectivity index is 2.66. The highest BCUT2D eigenvalue weighted by Gasteiger charge is 2.46. The van der Waals surface area contributed by atoms with E-state index >= 15 is 0 Å². The Bertz CT molecular complexity index is 267. The van der Waals surface area contributed by atoms with Crippen LogP contribution in [0.2, 0.25) is 0 Å². The zero-order valence-electron chi connectivity index (χ0n) is 10.0. The summed E-state index contributed by atoms with van der Waals surface area (Å²) in [6.07, 6.45) is -9.90. The molecule has 0 aliphatic carbocycles. The third kappa shape index (κ3) is 3.57. The smallest absolute Gasteiger partial charge is 0.186 e. The van der Waals surface area contributed by atoms with Gasteiger partial charge < -0.3 is 40.1 Å². The standard InChI is InChI=1S/C9H18O8/c10-1-4(12)3-16-9-7(15)6(14)8(17-9)5(13)2-11/h4-15H,1-3H2/t4?,5-,6-,7-,8+,9-/m1/s1/i9D. The molecule has 0 aromatic heterocycles. The molecule has 102 valence electrons. The van der Waals surface area contributed by atoms with Crippen LogP contribution in [0.1, 0.15) is 1.37 Å². The Labute approximate surface area is 99.1 Å². The number of hydrogen-bond donors (Lipinski definition) is 6. The zero-order chi connectivity index (χ0) is 13.9. The molecule has 0 radical (unpaired) electrons. The minimum absolute atomic E-state index is 0.494. The molecule has 17 heavy (non-hydrogen) atoms. The SMILES string of the molecule is [2H][C@@]1(OCC(O)CO)O[C@@H]([C@H](O)CO)[C@H](O)[C@H]1O. The van der Waals surface area contributed by atoms with Gasteiger partial charge in [-0.1, -0.05) is 0 Å². The Morgan fingerprint density at radius 3 is 2.35 bits per heavy atom. The Morgan fingerprint density at radius 2 is 1.82 bits per heavy atom. The lowest BCUT2D eigenvalue weighted by atomic mass is 10.1. The largest absolute Gasteiger partial charge is 0.394 e. The minimum atomic E-state index is -2.38. The van der Waals surface area contributed by atoms with E-state index in [0.29, 0.717) is 0 Å². The van der Waals surface area contributed by atoms with Crippen molar-refractivity contribution in [2.45, 2.75) is 36.8 Å². The molecule has 1 unspecified atom stereocenters. The van der Waals surface area contributed by atoms with Gasteiger partial charge in [0, 0.05) is 0 Å². The summed E-state index contributed by atoms with van der Waals surface area (Å²) in [6, 6.07) is 0. The van der Waals surface area contributed by atoms with E-state index in [0.717, 1.165) is 0 Å². The maximum Gasteiger partial charge on any atom is 0.186 e. The molecule has 0 saturated carbocycles. The first-order valence-corrected chi connectivity index (χ1v) is 5.11. The molecule has 1 fully saturated rings. The van der Waals surface area contributed by atoms with Crippen LogP contribution in [-0.2, 0) is 9.47 Å². The molecule has 0 spiro atoms. The van der Waals surface area contributed by atoms with Crippen LogP contribution >= 0.6 is 0 Å². The van der Waals surface area contributed by atoms with E-state index in [9.17, 15) is 15.3 Å². The topological polar surface area (TPSA) is 140 Å². The van der Waals surface area contributed by atoms with Gasteiger partial charge >= 0.3 is 0 Å². The summed E-state index contributed by atoms with van der Waals surface area (Å²) in [5.74, 6) is 0. The zero-order valence-corrected chi connectivity index (χ0v) is 9.01. The van der Waals surface area contributed by atoms with Crippen LogP contribution in [0.25, 0.3) is 0 Å². The maximum atomic E-state index is 9.59. The van der Waals surface area contributed by atoms with Gasteiger partial charge in [-0.3, -0.25) is 0 Å². The molecule has 0 aromatic carbocycles. The fourth-order valence-electron chi connectivity index (χ4n) is 1.35. The van der Waals surface area contributed by atoms with Crippen LogP contribution in [0, 0.1) is 0 Å². The third-order valence-electron chi connectivity index (χ3n) is 2.35. The van der Waals surface area contributed by atoms with Crippen LogP contribution < -0.4 is 0 Å². The lowest BCUT2D eigenvalue weighted by Crippen LogP contribution is -2.40.